The molecule has 1 unspecified atom stereocenters. The lowest BCUT2D eigenvalue weighted by atomic mass is 10.3. The number of hydrogen-bond acceptors (Lipinski definition) is 4. The third-order valence-corrected chi connectivity index (χ3v) is 4.11. The maximum absolute atomic E-state index is 12.0. The van der Waals surface area contributed by atoms with Crippen molar-refractivity contribution in [3.05, 3.63) is 23.5 Å². The van der Waals surface area contributed by atoms with Crippen LogP contribution in [0, 0.1) is 0 Å². The molecule has 6 nitrogen and oxygen atoms in total. The van der Waals surface area contributed by atoms with E-state index in [9.17, 15) is 8.42 Å². The summed E-state index contributed by atoms with van der Waals surface area (Å²) in [6, 6.07) is 1.52. The van der Waals surface area contributed by atoms with E-state index < -0.39 is 16.1 Å². The van der Waals surface area contributed by atoms with Gasteiger partial charge in [0.1, 0.15) is 10.5 Å². The van der Waals surface area contributed by atoms with Crippen molar-refractivity contribution in [3.63, 3.8) is 0 Å². The van der Waals surface area contributed by atoms with Crippen LogP contribution in [0.25, 0.3) is 11.0 Å². The molecule has 98 valence electrons. The van der Waals surface area contributed by atoms with Crippen molar-refractivity contribution in [2.45, 2.75) is 17.9 Å². The number of aromatic nitrogens is 2. The lowest BCUT2D eigenvalue weighted by Crippen LogP contribution is -2.30. The molecule has 0 amide bonds. The second kappa shape index (κ2) is 4.85. The standard InChI is InChI=1S/C10H12ClN3O3S/c1-6(15)4-14-18(16,17)8-5-13-10-9(8)7(11)2-3-12-10/h2-3,5-6,14-15H,4H2,1H3,(H,12,13). The average molecular weight is 290 g/mol. The van der Waals surface area contributed by atoms with Crippen molar-refractivity contribution >= 4 is 32.7 Å². The molecule has 0 fully saturated rings. The number of nitrogens with one attached hydrogen (secondary N) is 2. The Bertz CT molecular complexity index is 666. The van der Waals surface area contributed by atoms with Gasteiger partial charge >= 0.3 is 0 Å². The highest BCUT2D eigenvalue weighted by Crippen LogP contribution is 2.27. The minimum absolute atomic E-state index is 0.0243. The Hall–Kier alpha value is -1.15. The lowest BCUT2D eigenvalue weighted by molar-refractivity contribution is 0.198. The molecule has 8 heteroatoms. The molecule has 1 atom stereocenters. The van der Waals surface area contributed by atoms with E-state index in [0.29, 0.717) is 16.1 Å². The molecule has 2 rings (SSSR count). The van der Waals surface area contributed by atoms with Gasteiger partial charge in [0.15, 0.2) is 0 Å². The van der Waals surface area contributed by atoms with Crippen LogP contribution in [0.1, 0.15) is 6.92 Å². The van der Waals surface area contributed by atoms with Gasteiger partial charge in [0, 0.05) is 18.9 Å². The summed E-state index contributed by atoms with van der Waals surface area (Å²) in [5.74, 6) is 0. The van der Waals surface area contributed by atoms with E-state index >= 15 is 0 Å². The number of aliphatic hydroxyl groups excluding tert-OH is 1. The van der Waals surface area contributed by atoms with E-state index in [1.54, 1.807) is 0 Å². The van der Waals surface area contributed by atoms with Gasteiger partial charge < -0.3 is 10.1 Å². The zero-order chi connectivity index (χ0) is 13.3. The summed E-state index contributed by atoms with van der Waals surface area (Å²) in [7, 11) is -3.73. The van der Waals surface area contributed by atoms with E-state index in [0.717, 1.165) is 0 Å². The van der Waals surface area contributed by atoms with Crippen molar-refractivity contribution in [1.29, 1.82) is 0 Å². The van der Waals surface area contributed by atoms with Gasteiger partial charge in [-0.1, -0.05) is 11.6 Å². The topological polar surface area (TPSA) is 95.1 Å². The maximum Gasteiger partial charge on any atom is 0.242 e. The molecular weight excluding hydrogens is 278 g/mol. The number of halogens is 1. The van der Waals surface area contributed by atoms with Crippen molar-refractivity contribution in [1.82, 2.24) is 14.7 Å². The summed E-state index contributed by atoms with van der Waals surface area (Å²) < 4.78 is 26.4. The Labute approximate surface area is 109 Å². The molecular formula is C10H12ClN3O3S. The van der Waals surface area contributed by atoms with Crippen molar-refractivity contribution in [3.8, 4) is 0 Å². The molecule has 0 aromatic carbocycles. The predicted molar refractivity (Wildman–Crippen MR) is 68.0 cm³/mol. The van der Waals surface area contributed by atoms with E-state index in [4.69, 9.17) is 16.7 Å². The number of pyridine rings is 1. The highest BCUT2D eigenvalue weighted by Gasteiger charge is 2.21. The first-order valence-corrected chi connectivity index (χ1v) is 7.07. The number of nitrogens with zero attached hydrogens (tertiary/aromatic N) is 1. The highest BCUT2D eigenvalue weighted by atomic mass is 35.5. The summed E-state index contributed by atoms with van der Waals surface area (Å²) in [4.78, 5) is 6.76. The zero-order valence-electron chi connectivity index (χ0n) is 9.51. The molecule has 2 aromatic rings. The van der Waals surface area contributed by atoms with Gasteiger partial charge in [-0.25, -0.2) is 18.1 Å². The maximum atomic E-state index is 12.0. The van der Waals surface area contributed by atoms with Crippen LogP contribution < -0.4 is 4.72 Å². The quantitative estimate of drug-likeness (QED) is 0.778. The number of H-pyrrole nitrogens is 1. The van der Waals surface area contributed by atoms with Crippen molar-refractivity contribution in [2.24, 2.45) is 0 Å². The van der Waals surface area contributed by atoms with Gasteiger partial charge in [-0.2, -0.15) is 0 Å². The number of aromatic amines is 1. The lowest BCUT2D eigenvalue weighted by Gasteiger charge is -2.07. The number of fused-ring (bicyclic) bond motifs is 1. The minimum Gasteiger partial charge on any atom is -0.392 e. The molecule has 0 saturated heterocycles. The molecule has 18 heavy (non-hydrogen) atoms. The highest BCUT2D eigenvalue weighted by molar-refractivity contribution is 7.89. The zero-order valence-corrected chi connectivity index (χ0v) is 11.1. The SMILES string of the molecule is CC(O)CNS(=O)(=O)c1c[nH]c2nccc(Cl)c12. The van der Waals surface area contributed by atoms with Crippen LogP contribution in [-0.4, -0.2) is 36.1 Å². The summed E-state index contributed by atoms with van der Waals surface area (Å²) in [5, 5.41) is 9.76. The van der Waals surface area contributed by atoms with E-state index in [1.807, 2.05) is 0 Å². The first-order valence-electron chi connectivity index (χ1n) is 5.21. The molecule has 0 aliphatic rings. The van der Waals surface area contributed by atoms with E-state index in [1.165, 1.54) is 25.4 Å². The number of sulfonamides is 1. The second-order valence-electron chi connectivity index (χ2n) is 3.87. The molecule has 0 saturated carbocycles. The Morgan fingerprint density at radius 2 is 2.33 bits per heavy atom. The van der Waals surface area contributed by atoms with Crippen LogP contribution >= 0.6 is 11.6 Å². The van der Waals surface area contributed by atoms with Gasteiger partial charge in [-0.05, 0) is 13.0 Å². The van der Waals surface area contributed by atoms with E-state index in [2.05, 4.69) is 14.7 Å². The first kappa shape index (κ1) is 13.3. The smallest absolute Gasteiger partial charge is 0.242 e. The van der Waals surface area contributed by atoms with Crippen LogP contribution in [0.2, 0.25) is 5.02 Å². The summed E-state index contributed by atoms with van der Waals surface area (Å²) in [6.45, 7) is 1.43. The average Bonchev–Trinajstić information content (AvgIpc) is 2.72. The largest absolute Gasteiger partial charge is 0.392 e. The monoisotopic (exact) mass is 289 g/mol. The molecule has 0 spiro atoms. The van der Waals surface area contributed by atoms with Crippen LogP contribution in [0.5, 0.6) is 0 Å². The molecule has 0 aliphatic carbocycles. The minimum atomic E-state index is -3.73. The molecule has 0 bridgehead atoms. The number of rotatable bonds is 4. The van der Waals surface area contributed by atoms with Crippen LogP contribution in [0.15, 0.2) is 23.4 Å². The number of aliphatic hydroxyl groups is 1. The Morgan fingerprint density at radius 1 is 1.61 bits per heavy atom. The summed E-state index contributed by atoms with van der Waals surface area (Å²) in [6.07, 6.45) is 2.05. The summed E-state index contributed by atoms with van der Waals surface area (Å²) >= 11 is 5.97. The van der Waals surface area contributed by atoms with Gasteiger partial charge in [0.2, 0.25) is 10.0 Å². The molecule has 3 N–H and O–H groups in total. The molecule has 2 heterocycles. The molecule has 2 aromatic heterocycles. The fourth-order valence-electron chi connectivity index (χ4n) is 1.51. The Balaban J connectivity index is 2.48. The van der Waals surface area contributed by atoms with Gasteiger partial charge in [-0.3, -0.25) is 0 Å². The molecule has 0 radical (unpaired) electrons. The van der Waals surface area contributed by atoms with Crippen LogP contribution in [0.3, 0.4) is 0 Å². The van der Waals surface area contributed by atoms with Gasteiger partial charge in [0.05, 0.1) is 16.5 Å². The van der Waals surface area contributed by atoms with Crippen molar-refractivity contribution in [2.75, 3.05) is 6.54 Å². The van der Waals surface area contributed by atoms with Gasteiger partial charge in [0.25, 0.3) is 0 Å². The summed E-state index contributed by atoms with van der Waals surface area (Å²) in [5.41, 5.74) is 0.403. The normalized spacial score (nSPS) is 13.9. The third kappa shape index (κ3) is 2.49. The Morgan fingerprint density at radius 3 is 3.00 bits per heavy atom. The second-order valence-corrected chi connectivity index (χ2v) is 6.01. The van der Waals surface area contributed by atoms with Gasteiger partial charge in [-0.15, -0.1) is 0 Å². The predicted octanol–water partition coefficient (Wildman–Crippen LogP) is 0.875. The van der Waals surface area contributed by atoms with Crippen LogP contribution in [-0.2, 0) is 10.0 Å². The third-order valence-electron chi connectivity index (χ3n) is 2.34. The fraction of sp³-hybridized carbons (Fsp3) is 0.300. The Kier molecular flexibility index (Phi) is 3.58. The molecule has 0 aliphatic heterocycles. The van der Waals surface area contributed by atoms with Crippen molar-refractivity contribution < 1.29 is 13.5 Å². The number of hydrogen-bond donors (Lipinski definition) is 3. The van der Waals surface area contributed by atoms with E-state index in [-0.39, 0.29) is 11.4 Å². The first-order chi connectivity index (χ1) is 8.42. The fourth-order valence-corrected chi connectivity index (χ4v) is 3.12. The van der Waals surface area contributed by atoms with Crippen LogP contribution in [0.4, 0.5) is 0 Å².